The molecule has 1 aromatic carbocycles. The minimum Gasteiger partial charge on any atom is -0.450 e. The van der Waals surface area contributed by atoms with Gasteiger partial charge in [0.25, 0.3) is 5.91 Å². The van der Waals surface area contributed by atoms with E-state index in [1.165, 1.54) is 11.3 Å². The van der Waals surface area contributed by atoms with Gasteiger partial charge in [0.2, 0.25) is 5.76 Å². The lowest BCUT2D eigenvalue weighted by molar-refractivity contribution is -0.138. The highest BCUT2D eigenvalue weighted by molar-refractivity contribution is 7.21. The average Bonchev–Trinajstić information content (AvgIpc) is 3.38. The largest absolute Gasteiger partial charge is 0.450 e. The van der Waals surface area contributed by atoms with Gasteiger partial charge in [-0.05, 0) is 49.9 Å². The zero-order valence-corrected chi connectivity index (χ0v) is 16.5. The molecule has 1 aliphatic heterocycles. The summed E-state index contributed by atoms with van der Waals surface area (Å²) in [5.41, 5.74) is 0.889. The van der Waals surface area contributed by atoms with E-state index in [0.717, 1.165) is 42.4 Å². The van der Waals surface area contributed by atoms with Crippen molar-refractivity contribution in [1.82, 2.24) is 9.88 Å². The first-order valence-electron chi connectivity index (χ1n) is 9.58. The van der Waals surface area contributed by atoms with E-state index in [1.54, 1.807) is 12.1 Å². The van der Waals surface area contributed by atoms with Crippen molar-refractivity contribution in [3.63, 3.8) is 0 Å². The molecule has 0 bridgehead atoms. The van der Waals surface area contributed by atoms with Crippen LogP contribution < -0.4 is 0 Å². The number of ether oxygens (including phenoxy) is 1. The Hall–Kier alpha value is -2.67. The van der Waals surface area contributed by atoms with Crippen molar-refractivity contribution in [2.75, 3.05) is 13.2 Å². The van der Waals surface area contributed by atoms with Crippen LogP contribution in [0.15, 0.2) is 40.8 Å². The van der Waals surface area contributed by atoms with Crippen LogP contribution in [0, 0.1) is 0 Å². The van der Waals surface area contributed by atoms with Crippen LogP contribution in [0.4, 0.5) is 0 Å². The SMILES string of the molecule is CC[C@@H]1CCCCN1C(=O)COC(=O)c1ccc(-c2nc3ccccc3s2)o1. The van der Waals surface area contributed by atoms with E-state index in [4.69, 9.17) is 9.15 Å². The maximum Gasteiger partial charge on any atom is 0.374 e. The Morgan fingerprint density at radius 1 is 1.25 bits per heavy atom. The Morgan fingerprint density at radius 2 is 2.11 bits per heavy atom. The third-order valence-corrected chi connectivity index (χ3v) is 6.11. The number of amides is 1. The predicted molar refractivity (Wildman–Crippen MR) is 107 cm³/mol. The average molecular weight is 398 g/mol. The van der Waals surface area contributed by atoms with Crippen LogP contribution in [-0.4, -0.2) is 41.0 Å². The Kier molecular flexibility index (Phi) is 5.43. The number of nitrogens with zero attached hydrogens (tertiary/aromatic N) is 2. The summed E-state index contributed by atoms with van der Waals surface area (Å²) < 4.78 is 11.9. The van der Waals surface area contributed by atoms with E-state index in [9.17, 15) is 9.59 Å². The molecule has 1 aliphatic rings. The fourth-order valence-electron chi connectivity index (χ4n) is 3.57. The summed E-state index contributed by atoms with van der Waals surface area (Å²) in [6.07, 6.45) is 4.08. The van der Waals surface area contributed by atoms with E-state index in [0.29, 0.717) is 10.8 Å². The normalized spacial score (nSPS) is 17.0. The number of hydrogen-bond donors (Lipinski definition) is 0. The number of thiazole rings is 1. The van der Waals surface area contributed by atoms with Crippen molar-refractivity contribution in [1.29, 1.82) is 0 Å². The molecule has 1 amide bonds. The van der Waals surface area contributed by atoms with Gasteiger partial charge in [0.15, 0.2) is 17.4 Å². The number of fused-ring (bicyclic) bond motifs is 1. The molecule has 1 fully saturated rings. The molecule has 3 heterocycles. The first-order valence-corrected chi connectivity index (χ1v) is 10.4. The molecule has 0 unspecified atom stereocenters. The molecule has 6 nitrogen and oxygen atoms in total. The van der Waals surface area contributed by atoms with Gasteiger partial charge in [-0.15, -0.1) is 11.3 Å². The second-order valence-electron chi connectivity index (χ2n) is 6.87. The van der Waals surface area contributed by atoms with Crippen LogP contribution in [0.2, 0.25) is 0 Å². The van der Waals surface area contributed by atoms with Gasteiger partial charge in [-0.25, -0.2) is 9.78 Å². The highest BCUT2D eigenvalue weighted by atomic mass is 32.1. The molecule has 28 heavy (non-hydrogen) atoms. The molecule has 0 spiro atoms. The number of hydrogen-bond acceptors (Lipinski definition) is 6. The minimum absolute atomic E-state index is 0.0766. The maximum absolute atomic E-state index is 12.4. The molecule has 146 valence electrons. The number of aromatic nitrogens is 1. The fourth-order valence-corrected chi connectivity index (χ4v) is 4.50. The molecule has 0 aliphatic carbocycles. The van der Waals surface area contributed by atoms with E-state index in [1.807, 2.05) is 29.2 Å². The topological polar surface area (TPSA) is 72.6 Å². The van der Waals surface area contributed by atoms with Crippen molar-refractivity contribution in [3.8, 4) is 10.8 Å². The molecule has 3 aromatic rings. The molecule has 7 heteroatoms. The van der Waals surface area contributed by atoms with Crippen molar-refractivity contribution in [2.45, 2.75) is 38.6 Å². The van der Waals surface area contributed by atoms with Crippen LogP contribution in [-0.2, 0) is 9.53 Å². The second kappa shape index (κ2) is 8.14. The number of likely N-dealkylation sites (tertiary alicyclic amines) is 1. The van der Waals surface area contributed by atoms with Crippen LogP contribution in [0.25, 0.3) is 21.0 Å². The summed E-state index contributed by atoms with van der Waals surface area (Å²) in [5.74, 6) is -0.182. The zero-order chi connectivity index (χ0) is 19.5. The third-order valence-electron chi connectivity index (χ3n) is 5.06. The summed E-state index contributed by atoms with van der Waals surface area (Å²) in [5, 5.41) is 0.704. The van der Waals surface area contributed by atoms with Crippen molar-refractivity contribution in [2.24, 2.45) is 0 Å². The Morgan fingerprint density at radius 3 is 2.93 bits per heavy atom. The number of furan rings is 1. The number of rotatable bonds is 5. The summed E-state index contributed by atoms with van der Waals surface area (Å²) in [7, 11) is 0. The molecule has 1 saturated heterocycles. The standard InChI is InChI=1S/C21H22N2O4S/c1-2-14-7-5-6-12-23(14)19(24)13-26-21(25)17-11-10-16(27-17)20-22-15-8-3-4-9-18(15)28-20/h3-4,8-11,14H,2,5-7,12-13H2,1H3/t14-/m1/s1. The van der Waals surface area contributed by atoms with Gasteiger partial charge in [0.05, 0.1) is 10.2 Å². The maximum atomic E-state index is 12.4. The van der Waals surface area contributed by atoms with Gasteiger partial charge >= 0.3 is 5.97 Å². The number of carbonyl (C=O) groups is 2. The highest BCUT2D eigenvalue weighted by Crippen LogP contribution is 2.31. The third kappa shape index (κ3) is 3.80. The second-order valence-corrected chi connectivity index (χ2v) is 7.90. The number of benzene rings is 1. The van der Waals surface area contributed by atoms with Gasteiger partial charge in [0, 0.05) is 12.6 Å². The molecule has 4 rings (SSSR count). The molecular weight excluding hydrogens is 376 g/mol. The zero-order valence-electron chi connectivity index (χ0n) is 15.7. The lowest BCUT2D eigenvalue weighted by Crippen LogP contribution is -2.45. The first kappa shape index (κ1) is 18.7. The molecule has 2 aromatic heterocycles. The first-order chi connectivity index (χ1) is 13.7. The van der Waals surface area contributed by atoms with E-state index in [2.05, 4.69) is 11.9 Å². The highest BCUT2D eigenvalue weighted by Gasteiger charge is 2.26. The summed E-state index contributed by atoms with van der Waals surface area (Å²) in [6.45, 7) is 2.55. The Bertz CT molecular complexity index is 960. The smallest absolute Gasteiger partial charge is 0.374 e. The lowest BCUT2D eigenvalue weighted by atomic mass is 10.00. The molecule has 1 atom stereocenters. The van der Waals surface area contributed by atoms with Gasteiger partial charge in [-0.1, -0.05) is 19.1 Å². The lowest BCUT2D eigenvalue weighted by Gasteiger charge is -2.35. The van der Waals surface area contributed by atoms with Crippen molar-refractivity contribution < 1.29 is 18.7 Å². The van der Waals surface area contributed by atoms with E-state index < -0.39 is 5.97 Å². The van der Waals surface area contributed by atoms with Crippen molar-refractivity contribution >= 4 is 33.4 Å². The molecular formula is C21H22N2O4S. The monoisotopic (exact) mass is 398 g/mol. The van der Waals surface area contributed by atoms with Gasteiger partial charge in [-0.2, -0.15) is 0 Å². The van der Waals surface area contributed by atoms with Crippen LogP contribution in [0.1, 0.15) is 43.2 Å². The molecule has 0 N–H and O–H groups in total. The van der Waals surface area contributed by atoms with Gasteiger partial charge < -0.3 is 14.1 Å². The minimum atomic E-state index is -0.634. The Labute approximate surface area is 167 Å². The van der Waals surface area contributed by atoms with Crippen LogP contribution >= 0.6 is 11.3 Å². The van der Waals surface area contributed by atoms with E-state index >= 15 is 0 Å². The summed E-state index contributed by atoms with van der Waals surface area (Å²) >= 11 is 1.50. The van der Waals surface area contributed by atoms with Crippen molar-refractivity contribution in [3.05, 3.63) is 42.2 Å². The Balaban J connectivity index is 1.39. The quantitative estimate of drug-likeness (QED) is 0.592. The predicted octanol–water partition coefficient (Wildman–Crippen LogP) is 4.50. The molecule has 0 saturated carbocycles. The van der Waals surface area contributed by atoms with Gasteiger partial charge in [-0.3, -0.25) is 4.79 Å². The summed E-state index contributed by atoms with van der Waals surface area (Å²) in [6, 6.07) is 11.3. The fraction of sp³-hybridized carbons (Fsp3) is 0.381. The van der Waals surface area contributed by atoms with Crippen LogP contribution in [0.3, 0.4) is 0 Å². The summed E-state index contributed by atoms with van der Waals surface area (Å²) in [4.78, 5) is 31.1. The number of para-hydroxylation sites is 1. The van der Waals surface area contributed by atoms with Gasteiger partial charge in [0.1, 0.15) is 0 Å². The number of piperidine rings is 1. The van der Waals surface area contributed by atoms with Crippen LogP contribution in [0.5, 0.6) is 0 Å². The number of carbonyl (C=O) groups excluding carboxylic acids is 2. The van der Waals surface area contributed by atoms with E-state index in [-0.39, 0.29) is 24.3 Å². The number of esters is 1. The molecule has 0 radical (unpaired) electrons.